The number of Topliss-reactive ketones (excluding diaryl/α,β-unsaturated/α-hetero) is 1. The van der Waals surface area contributed by atoms with E-state index in [4.69, 9.17) is 18.9 Å². The SMILES string of the molecule is CCOc1ccc(C2CC(=O)C3=C(C2)Nc2ccccc2NC3c2ccc3c(c2)OCO3)cc1OC. The number of hydrogen-bond acceptors (Lipinski definition) is 7. The maximum Gasteiger partial charge on any atom is 0.231 e. The third-order valence-corrected chi connectivity index (χ3v) is 7.00. The number of carbonyl (C=O) groups excluding carboxylic acids is 1. The molecule has 0 fully saturated rings. The third-order valence-electron chi connectivity index (χ3n) is 7.00. The van der Waals surface area contributed by atoms with Gasteiger partial charge in [0.15, 0.2) is 28.8 Å². The molecule has 6 rings (SSSR count). The van der Waals surface area contributed by atoms with Gasteiger partial charge >= 0.3 is 0 Å². The normalized spacial score (nSPS) is 20.0. The van der Waals surface area contributed by atoms with Gasteiger partial charge in [-0.3, -0.25) is 4.79 Å². The molecule has 184 valence electrons. The van der Waals surface area contributed by atoms with E-state index < -0.39 is 0 Å². The molecule has 2 heterocycles. The van der Waals surface area contributed by atoms with Gasteiger partial charge < -0.3 is 29.6 Å². The van der Waals surface area contributed by atoms with Gasteiger partial charge in [-0.25, -0.2) is 0 Å². The van der Waals surface area contributed by atoms with Crippen molar-refractivity contribution in [2.24, 2.45) is 0 Å². The van der Waals surface area contributed by atoms with Crippen LogP contribution in [-0.2, 0) is 4.79 Å². The van der Waals surface area contributed by atoms with Crippen LogP contribution in [0.1, 0.15) is 42.9 Å². The number of methoxy groups -OCH3 is 1. The van der Waals surface area contributed by atoms with Gasteiger partial charge in [-0.15, -0.1) is 0 Å². The monoisotopic (exact) mass is 484 g/mol. The van der Waals surface area contributed by atoms with Crippen molar-refractivity contribution in [3.05, 3.63) is 83.1 Å². The topological polar surface area (TPSA) is 78.1 Å². The maximum atomic E-state index is 13.8. The summed E-state index contributed by atoms with van der Waals surface area (Å²) in [5, 5.41) is 7.21. The average molecular weight is 485 g/mol. The van der Waals surface area contributed by atoms with Gasteiger partial charge in [0.1, 0.15) is 0 Å². The smallest absolute Gasteiger partial charge is 0.231 e. The molecule has 0 saturated carbocycles. The van der Waals surface area contributed by atoms with Gasteiger partial charge in [-0.1, -0.05) is 24.3 Å². The summed E-state index contributed by atoms with van der Waals surface area (Å²) in [6.07, 6.45) is 1.12. The van der Waals surface area contributed by atoms with E-state index >= 15 is 0 Å². The predicted molar refractivity (Wildman–Crippen MR) is 137 cm³/mol. The zero-order valence-corrected chi connectivity index (χ0v) is 20.3. The van der Waals surface area contributed by atoms with Crippen molar-refractivity contribution >= 4 is 17.2 Å². The molecule has 2 unspecified atom stereocenters. The summed E-state index contributed by atoms with van der Waals surface area (Å²) in [5.41, 5.74) is 5.61. The second-order valence-corrected chi connectivity index (χ2v) is 9.12. The molecule has 3 aromatic rings. The Bertz CT molecular complexity index is 1370. The molecule has 0 radical (unpaired) electrons. The lowest BCUT2D eigenvalue weighted by atomic mass is 9.78. The molecule has 2 atom stereocenters. The van der Waals surface area contributed by atoms with Crippen molar-refractivity contribution in [2.75, 3.05) is 31.1 Å². The van der Waals surface area contributed by atoms with Crippen LogP contribution in [0, 0.1) is 0 Å². The second kappa shape index (κ2) is 9.15. The Morgan fingerprint density at radius 3 is 2.56 bits per heavy atom. The standard InChI is InChI=1S/C29H28N2O5/c1-3-34-24-10-8-17(14-26(24)33-2)19-12-22-28(23(32)13-19)29(31-21-7-5-4-6-20(21)30-22)18-9-11-25-27(15-18)36-16-35-25/h4-11,14-15,19,29-31H,3,12-13,16H2,1-2H3. The Kier molecular flexibility index (Phi) is 5.68. The molecule has 7 nitrogen and oxygen atoms in total. The molecule has 0 amide bonds. The van der Waals surface area contributed by atoms with Gasteiger partial charge in [0.25, 0.3) is 0 Å². The largest absolute Gasteiger partial charge is 0.493 e. The fraction of sp³-hybridized carbons (Fsp3) is 0.276. The van der Waals surface area contributed by atoms with Crippen LogP contribution in [0.3, 0.4) is 0 Å². The Balaban J connectivity index is 1.40. The quantitative estimate of drug-likeness (QED) is 0.474. The molecular weight excluding hydrogens is 456 g/mol. The van der Waals surface area contributed by atoms with E-state index in [1.165, 1.54) is 0 Å². The number of ether oxygens (including phenoxy) is 4. The van der Waals surface area contributed by atoms with Crippen LogP contribution >= 0.6 is 0 Å². The molecule has 36 heavy (non-hydrogen) atoms. The summed E-state index contributed by atoms with van der Waals surface area (Å²) >= 11 is 0. The molecule has 0 bridgehead atoms. The van der Waals surface area contributed by atoms with Crippen LogP contribution in [0.5, 0.6) is 23.0 Å². The van der Waals surface area contributed by atoms with Crippen molar-refractivity contribution in [1.82, 2.24) is 0 Å². The van der Waals surface area contributed by atoms with Crippen molar-refractivity contribution < 1.29 is 23.7 Å². The summed E-state index contributed by atoms with van der Waals surface area (Å²) < 4.78 is 22.4. The van der Waals surface area contributed by atoms with E-state index in [2.05, 4.69) is 10.6 Å². The summed E-state index contributed by atoms with van der Waals surface area (Å²) in [4.78, 5) is 13.8. The average Bonchev–Trinajstić information content (AvgIpc) is 3.29. The van der Waals surface area contributed by atoms with Crippen molar-refractivity contribution in [3.63, 3.8) is 0 Å². The van der Waals surface area contributed by atoms with E-state index in [1.807, 2.05) is 67.6 Å². The number of anilines is 2. The van der Waals surface area contributed by atoms with E-state index in [9.17, 15) is 4.79 Å². The Hall–Kier alpha value is -4.13. The second-order valence-electron chi connectivity index (χ2n) is 9.12. The number of rotatable bonds is 5. The van der Waals surface area contributed by atoms with Crippen LogP contribution in [0.25, 0.3) is 0 Å². The summed E-state index contributed by atoms with van der Waals surface area (Å²) in [7, 11) is 1.64. The Morgan fingerprint density at radius 2 is 1.72 bits per heavy atom. The van der Waals surface area contributed by atoms with Gasteiger partial charge in [0.05, 0.1) is 31.1 Å². The van der Waals surface area contributed by atoms with Crippen LogP contribution in [0.4, 0.5) is 11.4 Å². The van der Waals surface area contributed by atoms with E-state index in [-0.39, 0.29) is 24.5 Å². The first kappa shape index (κ1) is 22.3. The number of carbonyl (C=O) groups is 1. The molecule has 0 aromatic heterocycles. The number of benzene rings is 3. The summed E-state index contributed by atoms with van der Waals surface area (Å²) in [6, 6.07) is 19.6. The number of para-hydroxylation sites is 2. The van der Waals surface area contributed by atoms with Crippen LogP contribution < -0.4 is 29.6 Å². The lowest BCUT2D eigenvalue weighted by Crippen LogP contribution is -2.26. The molecule has 1 aliphatic carbocycles. The molecule has 2 N–H and O–H groups in total. The maximum absolute atomic E-state index is 13.8. The zero-order chi connectivity index (χ0) is 24.6. The first-order valence-corrected chi connectivity index (χ1v) is 12.2. The van der Waals surface area contributed by atoms with E-state index in [0.717, 1.165) is 39.5 Å². The van der Waals surface area contributed by atoms with Crippen LogP contribution in [-0.4, -0.2) is 26.3 Å². The Labute approximate surface area is 210 Å². The van der Waals surface area contributed by atoms with Gasteiger partial charge in [-0.05, 0) is 66.8 Å². The van der Waals surface area contributed by atoms with Crippen molar-refractivity contribution in [1.29, 1.82) is 0 Å². The predicted octanol–water partition coefficient (Wildman–Crippen LogP) is 5.80. The van der Waals surface area contributed by atoms with Crippen LogP contribution in [0.2, 0.25) is 0 Å². The number of fused-ring (bicyclic) bond motifs is 2. The molecule has 2 aliphatic heterocycles. The summed E-state index contributed by atoms with van der Waals surface area (Å²) in [5.74, 6) is 2.95. The minimum Gasteiger partial charge on any atom is -0.493 e. The fourth-order valence-corrected chi connectivity index (χ4v) is 5.28. The molecule has 3 aromatic carbocycles. The molecular formula is C29H28N2O5. The molecule has 3 aliphatic rings. The first-order chi connectivity index (χ1) is 17.6. The van der Waals surface area contributed by atoms with E-state index in [1.54, 1.807) is 7.11 Å². The third kappa shape index (κ3) is 3.90. The number of nitrogens with one attached hydrogen (secondary N) is 2. The molecule has 0 saturated heterocycles. The minimum atomic E-state index is -0.311. The van der Waals surface area contributed by atoms with Gasteiger partial charge in [-0.2, -0.15) is 0 Å². The highest BCUT2D eigenvalue weighted by Crippen LogP contribution is 2.46. The highest BCUT2D eigenvalue weighted by Gasteiger charge is 2.36. The number of allylic oxidation sites excluding steroid dienone is 1. The van der Waals surface area contributed by atoms with Crippen molar-refractivity contribution in [3.8, 4) is 23.0 Å². The highest BCUT2D eigenvalue weighted by molar-refractivity contribution is 6.01. The summed E-state index contributed by atoms with van der Waals surface area (Å²) in [6.45, 7) is 2.72. The number of hydrogen-bond donors (Lipinski definition) is 2. The highest BCUT2D eigenvalue weighted by atomic mass is 16.7. The Morgan fingerprint density at radius 1 is 0.917 bits per heavy atom. The fourth-order valence-electron chi connectivity index (χ4n) is 5.28. The van der Waals surface area contributed by atoms with Gasteiger partial charge in [0, 0.05) is 17.7 Å². The van der Waals surface area contributed by atoms with Crippen LogP contribution in [0.15, 0.2) is 71.9 Å². The zero-order valence-electron chi connectivity index (χ0n) is 20.3. The molecule has 7 heteroatoms. The lowest BCUT2D eigenvalue weighted by molar-refractivity contribution is -0.116. The first-order valence-electron chi connectivity index (χ1n) is 12.2. The molecule has 0 spiro atoms. The van der Waals surface area contributed by atoms with E-state index in [0.29, 0.717) is 36.7 Å². The van der Waals surface area contributed by atoms with Gasteiger partial charge in [0.2, 0.25) is 6.79 Å². The lowest BCUT2D eigenvalue weighted by Gasteiger charge is -2.30. The minimum absolute atomic E-state index is 0.0241. The van der Waals surface area contributed by atoms with Crippen molar-refractivity contribution in [2.45, 2.75) is 31.7 Å². The number of ketones is 1.